The molecule has 0 bridgehead atoms. The summed E-state index contributed by atoms with van der Waals surface area (Å²) < 4.78 is 9.19. The van der Waals surface area contributed by atoms with Gasteiger partial charge >= 0.3 is 0 Å². The molecule has 3 aromatic rings. The molecule has 0 atom stereocenters. The maximum Gasteiger partial charge on any atom is 0.237 e. The van der Waals surface area contributed by atoms with E-state index in [1.165, 1.54) is 5.56 Å². The average molecular weight is 324 g/mol. The number of imidazole rings is 1. The van der Waals surface area contributed by atoms with E-state index in [9.17, 15) is 4.79 Å². The molecule has 3 N–H and O–H groups in total. The number of rotatable bonds is 6. The largest absolute Gasteiger partial charge is 0.492 e. The van der Waals surface area contributed by atoms with Gasteiger partial charge in [0.25, 0.3) is 0 Å². The van der Waals surface area contributed by atoms with Crippen LogP contribution in [0.2, 0.25) is 0 Å². The molecule has 0 saturated heterocycles. The molecular weight excluding hydrogens is 304 g/mol. The SMILES string of the molecule is Cc1ccc(OCCn2c(=N)n(CC(N)=O)c3ccccc32)cc1. The van der Waals surface area contributed by atoms with Crippen LogP contribution in [-0.2, 0) is 17.9 Å². The van der Waals surface area contributed by atoms with Crippen molar-refractivity contribution in [2.24, 2.45) is 5.73 Å². The quantitative estimate of drug-likeness (QED) is 0.724. The van der Waals surface area contributed by atoms with E-state index in [1.807, 2.05) is 60.0 Å². The van der Waals surface area contributed by atoms with Crippen molar-refractivity contribution in [1.82, 2.24) is 9.13 Å². The van der Waals surface area contributed by atoms with E-state index < -0.39 is 5.91 Å². The van der Waals surface area contributed by atoms with E-state index in [4.69, 9.17) is 15.9 Å². The summed E-state index contributed by atoms with van der Waals surface area (Å²) in [4.78, 5) is 11.3. The van der Waals surface area contributed by atoms with E-state index >= 15 is 0 Å². The Hall–Kier alpha value is -3.02. The second-order valence-electron chi connectivity index (χ2n) is 5.68. The third-order valence-electron chi connectivity index (χ3n) is 3.89. The number of ether oxygens (including phenoxy) is 1. The van der Waals surface area contributed by atoms with Gasteiger partial charge in [-0.3, -0.25) is 10.2 Å². The number of aromatic nitrogens is 2. The van der Waals surface area contributed by atoms with Crippen molar-refractivity contribution in [3.8, 4) is 5.75 Å². The van der Waals surface area contributed by atoms with Crippen molar-refractivity contribution in [2.75, 3.05) is 6.61 Å². The maximum absolute atomic E-state index is 11.3. The van der Waals surface area contributed by atoms with Crippen LogP contribution in [0.3, 0.4) is 0 Å². The van der Waals surface area contributed by atoms with Gasteiger partial charge in [-0.2, -0.15) is 0 Å². The molecule has 124 valence electrons. The second-order valence-corrected chi connectivity index (χ2v) is 5.68. The van der Waals surface area contributed by atoms with E-state index in [0.29, 0.717) is 13.2 Å². The van der Waals surface area contributed by atoms with Crippen molar-refractivity contribution >= 4 is 16.9 Å². The third-order valence-corrected chi connectivity index (χ3v) is 3.89. The van der Waals surface area contributed by atoms with E-state index in [1.54, 1.807) is 4.57 Å². The number of aryl methyl sites for hydroxylation is 1. The van der Waals surface area contributed by atoms with Gasteiger partial charge in [-0.1, -0.05) is 29.8 Å². The predicted molar refractivity (Wildman–Crippen MR) is 91.7 cm³/mol. The Morgan fingerprint density at radius 2 is 1.71 bits per heavy atom. The van der Waals surface area contributed by atoms with Gasteiger partial charge in [0.2, 0.25) is 11.5 Å². The lowest BCUT2D eigenvalue weighted by Gasteiger charge is -2.08. The molecule has 0 unspecified atom stereocenters. The van der Waals surface area contributed by atoms with Crippen molar-refractivity contribution in [1.29, 1.82) is 5.41 Å². The number of hydrogen-bond donors (Lipinski definition) is 2. The normalized spacial score (nSPS) is 10.9. The lowest BCUT2D eigenvalue weighted by molar-refractivity contribution is -0.118. The van der Waals surface area contributed by atoms with Gasteiger partial charge in [0, 0.05) is 0 Å². The minimum absolute atomic E-state index is 0.00876. The first-order chi connectivity index (χ1) is 11.6. The van der Waals surface area contributed by atoms with Crippen molar-refractivity contribution in [2.45, 2.75) is 20.0 Å². The fourth-order valence-electron chi connectivity index (χ4n) is 2.73. The van der Waals surface area contributed by atoms with Crippen molar-refractivity contribution in [3.05, 3.63) is 59.7 Å². The molecule has 24 heavy (non-hydrogen) atoms. The number of carbonyl (C=O) groups is 1. The molecule has 0 saturated carbocycles. The first-order valence-electron chi connectivity index (χ1n) is 7.76. The lowest BCUT2D eigenvalue weighted by atomic mass is 10.2. The van der Waals surface area contributed by atoms with E-state index in [-0.39, 0.29) is 12.2 Å². The predicted octanol–water partition coefficient (Wildman–Crippen LogP) is 1.79. The van der Waals surface area contributed by atoms with E-state index in [2.05, 4.69) is 0 Å². The number of nitrogens with zero attached hydrogens (tertiary/aromatic N) is 2. The van der Waals surface area contributed by atoms with Gasteiger partial charge < -0.3 is 19.6 Å². The maximum atomic E-state index is 11.3. The summed E-state index contributed by atoms with van der Waals surface area (Å²) in [6.45, 7) is 2.97. The highest BCUT2D eigenvalue weighted by atomic mass is 16.5. The van der Waals surface area contributed by atoms with Crippen LogP contribution in [0.25, 0.3) is 11.0 Å². The highest BCUT2D eigenvalue weighted by Crippen LogP contribution is 2.14. The van der Waals surface area contributed by atoms with Crippen LogP contribution in [0.15, 0.2) is 48.5 Å². The van der Waals surface area contributed by atoms with Gasteiger partial charge in [0.15, 0.2) is 0 Å². The Morgan fingerprint density at radius 3 is 2.33 bits per heavy atom. The highest BCUT2D eigenvalue weighted by Gasteiger charge is 2.11. The zero-order valence-electron chi connectivity index (χ0n) is 13.5. The number of para-hydroxylation sites is 2. The van der Waals surface area contributed by atoms with Crippen LogP contribution in [0.1, 0.15) is 5.56 Å². The Labute approximate surface area is 139 Å². The topological polar surface area (TPSA) is 86.0 Å². The summed E-state index contributed by atoms with van der Waals surface area (Å²) in [5.41, 5.74) is 8.43. The lowest BCUT2D eigenvalue weighted by Crippen LogP contribution is -2.30. The van der Waals surface area contributed by atoms with Crippen LogP contribution >= 0.6 is 0 Å². The zero-order chi connectivity index (χ0) is 17.1. The van der Waals surface area contributed by atoms with Crippen LogP contribution < -0.4 is 16.1 Å². The smallest absolute Gasteiger partial charge is 0.237 e. The molecule has 1 amide bonds. The highest BCUT2D eigenvalue weighted by molar-refractivity contribution is 5.79. The number of primary amides is 1. The summed E-state index contributed by atoms with van der Waals surface area (Å²) >= 11 is 0. The number of carbonyl (C=O) groups excluding carboxylic acids is 1. The third kappa shape index (κ3) is 3.17. The Bertz CT molecular complexity index is 922. The number of nitrogens with one attached hydrogen (secondary N) is 1. The number of amides is 1. The first-order valence-corrected chi connectivity index (χ1v) is 7.76. The zero-order valence-corrected chi connectivity index (χ0v) is 13.5. The fourth-order valence-corrected chi connectivity index (χ4v) is 2.73. The molecule has 6 nitrogen and oxygen atoms in total. The number of hydrogen-bond acceptors (Lipinski definition) is 3. The Kier molecular flexibility index (Phi) is 4.37. The molecular formula is C18H20N4O2. The molecule has 6 heteroatoms. The molecule has 0 radical (unpaired) electrons. The Morgan fingerprint density at radius 1 is 1.08 bits per heavy atom. The summed E-state index contributed by atoms with van der Waals surface area (Å²) in [6.07, 6.45) is 0. The summed E-state index contributed by atoms with van der Waals surface area (Å²) in [6, 6.07) is 15.5. The molecule has 0 fully saturated rings. The average Bonchev–Trinajstić information content (AvgIpc) is 2.82. The van der Waals surface area contributed by atoms with Gasteiger partial charge in [-0.05, 0) is 31.2 Å². The van der Waals surface area contributed by atoms with Gasteiger partial charge in [-0.25, -0.2) is 0 Å². The second kappa shape index (κ2) is 6.62. The van der Waals surface area contributed by atoms with E-state index in [0.717, 1.165) is 16.8 Å². The molecule has 3 rings (SSSR count). The van der Waals surface area contributed by atoms with Crippen molar-refractivity contribution < 1.29 is 9.53 Å². The van der Waals surface area contributed by atoms with Gasteiger partial charge in [0.05, 0.1) is 17.6 Å². The number of nitrogens with two attached hydrogens (primary N) is 1. The standard InChI is InChI=1S/C18H20N4O2/c1-13-6-8-14(9-7-13)24-11-10-21-15-4-2-3-5-16(15)22(18(21)20)12-17(19)23/h2-9,20H,10-12H2,1H3,(H2,19,23). The monoisotopic (exact) mass is 324 g/mol. The number of fused-ring (bicyclic) bond motifs is 1. The Balaban J connectivity index is 1.83. The molecule has 0 aliphatic rings. The summed E-state index contributed by atoms with van der Waals surface area (Å²) in [5, 5.41) is 8.34. The first kappa shape index (κ1) is 15.9. The van der Waals surface area contributed by atoms with Crippen molar-refractivity contribution in [3.63, 3.8) is 0 Å². The van der Waals surface area contributed by atoms with Gasteiger partial charge in [0.1, 0.15) is 18.9 Å². The summed E-state index contributed by atoms with van der Waals surface area (Å²) in [7, 11) is 0. The van der Waals surface area contributed by atoms with Crippen LogP contribution in [0, 0.1) is 12.3 Å². The minimum Gasteiger partial charge on any atom is -0.492 e. The molecule has 0 aliphatic carbocycles. The molecule has 1 aromatic heterocycles. The molecule has 2 aromatic carbocycles. The van der Waals surface area contributed by atoms with Gasteiger partial charge in [-0.15, -0.1) is 0 Å². The molecule has 1 heterocycles. The number of benzene rings is 2. The minimum atomic E-state index is -0.465. The fraction of sp³-hybridized carbons (Fsp3) is 0.222. The molecule has 0 spiro atoms. The van der Waals surface area contributed by atoms with Crippen LogP contribution in [-0.4, -0.2) is 21.6 Å². The molecule has 0 aliphatic heterocycles. The van der Waals surface area contributed by atoms with Crippen LogP contribution in [0.5, 0.6) is 5.75 Å². The summed E-state index contributed by atoms with van der Waals surface area (Å²) in [5.74, 6) is 0.334. The van der Waals surface area contributed by atoms with Crippen LogP contribution in [0.4, 0.5) is 0 Å².